The molecule has 1 aliphatic carbocycles. The number of pyridine rings is 1. The van der Waals surface area contributed by atoms with Crippen LogP contribution in [0.1, 0.15) is 36.4 Å². The van der Waals surface area contributed by atoms with Gasteiger partial charge in [0.05, 0.1) is 39.8 Å². The highest BCUT2D eigenvalue weighted by Crippen LogP contribution is 2.30. The van der Waals surface area contributed by atoms with Crippen molar-refractivity contribution in [1.82, 2.24) is 19.9 Å². The van der Waals surface area contributed by atoms with Gasteiger partial charge in [-0.05, 0) is 55.5 Å². The van der Waals surface area contributed by atoms with Crippen LogP contribution in [0.25, 0.3) is 21.3 Å². The van der Waals surface area contributed by atoms with Gasteiger partial charge >= 0.3 is 0 Å². The molecule has 3 N–H and O–H groups in total. The molecule has 0 amide bonds. The Bertz CT molecular complexity index is 1260. The molecule has 0 unspecified atom stereocenters. The second-order valence-corrected chi connectivity index (χ2v) is 9.58. The number of ether oxygens (including phenoxy) is 1. The number of aromatic nitrogens is 4. The van der Waals surface area contributed by atoms with E-state index in [4.69, 9.17) is 19.8 Å². The molecule has 1 fully saturated rings. The van der Waals surface area contributed by atoms with Crippen LogP contribution in [0.5, 0.6) is 5.75 Å². The fourth-order valence-corrected chi connectivity index (χ4v) is 5.19. The lowest BCUT2D eigenvalue weighted by Gasteiger charge is -2.26. The third-order valence-corrected chi connectivity index (χ3v) is 6.93. The fraction of sp³-hybridized carbons (Fsp3) is 0.360. The highest BCUT2D eigenvalue weighted by atomic mass is 32.1. The molecule has 5 rings (SSSR count). The van der Waals surface area contributed by atoms with Gasteiger partial charge in [0.1, 0.15) is 12.4 Å². The first-order valence-electron chi connectivity index (χ1n) is 11.5. The zero-order valence-corrected chi connectivity index (χ0v) is 19.5. The molecular weight excluding hydrogens is 450 g/mol. The fourth-order valence-electron chi connectivity index (χ4n) is 4.17. The Labute approximate surface area is 201 Å². The number of nitrogens with one attached hydrogen (secondary N) is 1. The number of anilines is 1. The van der Waals surface area contributed by atoms with Gasteiger partial charge in [0.2, 0.25) is 5.95 Å². The summed E-state index contributed by atoms with van der Waals surface area (Å²) < 4.78 is 6.59. The van der Waals surface area contributed by atoms with Crippen molar-refractivity contribution in [2.75, 3.05) is 18.5 Å². The van der Waals surface area contributed by atoms with Crippen LogP contribution in [0.4, 0.5) is 5.95 Å². The molecule has 3 aromatic heterocycles. The zero-order chi connectivity index (χ0) is 23.3. The molecule has 4 aromatic rings. The van der Waals surface area contributed by atoms with Gasteiger partial charge < -0.3 is 20.3 Å². The third kappa shape index (κ3) is 5.49. The largest absolute Gasteiger partial charge is 0.490 e. The minimum Gasteiger partial charge on any atom is -0.490 e. The van der Waals surface area contributed by atoms with Gasteiger partial charge in [0.15, 0.2) is 0 Å². The molecule has 1 aromatic carbocycles. The molecule has 1 aliphatic rings. The number of fused-ring (bicyclic) bond motifs is 1. The van der Waals surface area contributed by atoms with E-state index in [0.717, 1.165) is 57.7 Å². The molecule has 34 heavy (non-hydrogen) atoms. The molecule has 1 saturated carbocycles. The van der Waals surface area contributed by atoms with Crippen molar-refractivity contribution < 1.29 is 14.9 Å². The smallest absolute Gasteiger partial charge is 0.223 e. The number of hydrogen-bond donors (Lipinski definition) is 3. The predicted octanol–water partition coefficient (Wildman–Crippen LogP) is 3.83. The van der Waals surface area contributed by atoms with Crippen molar-refractivity contribution in [3.63, 3.8) is 0 Å². The highest BCUT2D eigenvalue weighted by molar-refractivity contribution is 7.18. The highest BCUT2D eigenvalue weighted by Gasteiger charge is 2.20. The third-order valence-electron chi connectivity index (χ3n) is 5.91. The predicted molar refractivity (Wildman–Crippen MR) is 132 cm³/mol. The second kappa shape index (κ2) is 10.4. The van der Waals surface area contributed by atoms with Gasteiger partial charge in [0.25, 0.3) is 0 Å². The van der Waals surface area contributed by atoms with Crippen LogP contribution in [-0.4, -0.2) is 55.5 Å². The van der Waals surface area contributed by atoms with E-state index in [0.29, 0.717) is 24.2 Å². The minimum atomic E-state index is -0.176. The van der Waals surface area contributed by atoms with E-state index in [1.165, 1.54) is 0 Å². The van der Waals surface area contributed by atoms with Crippen LogP contribution < -0.4 is 10.1 Å². The average molecular weight is 478 g/mol. The van der Waals surface area contributed by atoms with Crippen molar-refractivity contribution in [3.05, 3.63) is 59.6 Å². The van der Waals surface area contributed by atoms with Gasteiger partial charge in [-0.1, -0.05) is 6.07 Å². The lowest BCUT2D eigenvalue weighted by atomic mass is 9.93. The van der Waals surface area contributed by atoms with E-state index >= 15 is 0 Å². The first-order valence-corrected chi connectivity index (χ1v) is 12.3. The Balaban J connectivity index is 1.30. The topological polar surface area (TPSA) is 113 Å². The molecule has 0 atom stereocenters. The first-order chi connectivity index (χ1) is 16.7. The Morgan fingerprint density at radius 1 is 1.03 bits per heavy atom. The maximum atomic E-state index is 9.70. The number of aliphatic hydroxyl groups excluding tert-OH is 2. The summed E-state index contributed by atoms with van der Waals surface area (Å²) in [6, 6.07) is 10.3. The summed E-state index contributed by atoms with van der Waals surface area (Å²) in [6.07, 6.45) is 9.20. The van der Waals surface area contributed by atoms with E-state index in [-0.39, 0.29) is 19.3 Å². The summed E-state index contributed by atoms with van der Waals surface area (Å²) in [7, 11) is 0. The van der Waals surface area contributed by atoms with Gasteiger partial charge in [-0.15, -0.1) is 11.3 Å². The quantitative estimate of drug-likeness (QED) is 0.351. The van der Waals surface area contributed by atoms with E-state index in [9.17, 15) is 5.11 Å². The normalized spacial score (nSPS) is 18.2. The van der Waals surface area contributed by atoms with Crippen LogP contribution in [0.15, 0.2) is 48.9 Å². The number of nitrogens with zero attached hydrogens (tertiary/aromatic N) is 4. The molecule has 8 nitrogen and oxygen atoms in total. The van der Waals surface area contributed by atoms with Crippen LogP contribution in [0, 0.1) is 0 Å². The molecular formula is C25H27N5O3S. The first kappa shape index (κ1) is 22.6. The summed E-state index contributed by atoms with van der Waals surface area (Å²) in [5.41, 5.74) is 3.87. The van der Waals surface area contributed by atoms with Gasteiger partial charge in [0, 0.05) is 30.4 Å². The molecule has 0 aliphatic heterocycles. The molecule has 3 heterocycles. The van der Waals surface area contributed by atoms with Crippen molar-refractivity contribution >= 4 is 27.5 Å². The monoisotopic (exact) mass is 477 g/mol. The number of benzene rings is 1. The number of rotatable bonds is 8. The summed E-state index contributed by atoms with van der Waals surface area (Å²) in [6.45, 7) is 0.209. The van der Waals surface area contributed by atoms with Crippen molar-refractivity contribution in [3.8, 4) is 16.9 Å². The standard InChI is InChI=1S/C25H27N5O3S/c31-9-10-33-21-11-17(14-26-15-21)16-1-6-22-23(12-16)34-24(30-22)13-19-7-8-27-25(29-19)28-18-2-4-20(32)5-3-18/h1,6-8,11-12,14-15,18,20,31-32H,2-5,9-10,13H2,(H,27,28,29). The van der Waals surface area contributed by atoms with E-state index in [1.807, 2.05) is 24.3 Å². The molecule has 176 valence electrons. The molecule has 0 radical (unpaired) electrons. The summed E-state index contributed by atoms with van der Waals surface area (Å²) >= 11 is 1.66. The van der Waals surface area contributed by atoms with E-state index < -0.39 is 0 Å². The Hall–Kier alpha value is -3.14. The lowest BCUT2D eigenvalue weighted by molar-refractivity contribution is 0.126. The van der Waals surface area contributed by atoms with Crippen molar-refractivity contribution in [2.24, 2.45) is 0 Å². The van der Waals surface area contributed by atoms with Crippen molar-refractivity contribution in [2.45, 2.75) is 44.2 Å². The zero-order valence-electron chi connectivity index (χ0n) is 18.7. The average Bonchev–Trinajstić information content (AvgIpc) is 3.26. The molecule has 0 saturated heterocycles. The second-order valence-electron chi connectivity index (χ2n) is 8.47. The van der Waals surface area contributed by atoms with Gasteiger partial charge in [-0.2, -0.15) is 0 Å². The number of aliphatic hydroxyl groups is 2. The Morgan fingerprint density at radius 3 is 2.76 bits per heavy atom. The van der Waals surface area contributed by atoms with Crippen LogP contribution in [-0.2, 0) is 6.42 Å². The molecule has 9 heteroatoms. The van der Waals surface area contributed by atoms with Crippen LogP contribution in [0.3, 0.4) is 0 Å². The number of thiazole rings is 1. The summed E-state index contributed by atoms with van der Waals surface area (Å²) in [5.74, 6) is 1.27. The summed E-state index contributed by atoms with van der Waals surface area (Å²) in [4.78, 5) is 18.1. The lowest BCUT2D eigenvalue weighted by Crippen LogP contribution is -2.29. The van der Waals surface area contributed by atoms with Crippen LogP contribution in [0.2, 0.25) is 0 Å². The van der Waals surface area contributed by atoms with Crippen LogP contribution >= 0.6 is 11.3 Å². The van der Waals surface area contributed by atoms with Gasteiger partial charge in [-0.3, -0.25) is 4.98 Å². The van der Waals surface area contributed by atoms with E-state index in [1.54, 1.807) is 29.9 Å². The Kier molecular flexibility index (Phi) is 6.94. The number of hydrogen-bond acceptors (Lipinski definition) is 9. The minimum absolute atomic E-state index is 0.0333. The SMILES string of the molecule is OCCOc1cncc(-c2ccc3nc(Cc4ccnc(NC5CCC(O)CC5)n4)sc3c2)c1. The van der Waals surface area contributed by atoms with Crippen molar-refractivity contribution in [1.29, 1.82) is 0 Å². The molecule has 0 bridgehead atoms. The van der Waals surface area contributed by atoms with Gasteiger partial charge in [-0.25, -0.2) is 15.0 Å². The summed E-state index contributed by atoms with van der Waals surface area (Å²) in [5, 5.41) is 23.1. The van der Waals surface area contributed by atoms with E-state index in [2.05, 4.69) is 21.4 Å². The molecule has 0 spiro atoms. The Morgan fingerprint density at radius 2 is 1.91 bits per heavy atom. The maximum absolute atomic E-state index is 9.70. The maximum Gasteiger partial charge on any atom is 0.223 e.